The molecular weight excluding hydrogens is 210 g/mol. The van der Waals surface area contributed by atoms with Crippen LogP contribution < -0.4 is 16.6 Å². The normalized spacial score (nSPS) is 25.2. The van der Waals surface area contributed by atoms with E-state index in [0.29, 0.717) is 19.5 Å². The maximum Gasteiger partial charge on any atom is 0.317 e. The molecule has 90 valence electrons. The Hall–Kier alpha value is -1.34. The minimum absolute atomic E-state index is 0.0318. The summed E-state index contributed by atoms with van der Waals surface area (Å²) in [6.45, 7) is 3.79. The number of fused-ring (bicyclic) bond motifs is 1. The third kappa shape index (κ3) is 2.25. The molecule has 4 N–H and O–H groups in total. The quantitative estimate of drug-likeness (QED) is 0.298. The van der Waals surface area contributed by atoms with Gasteiger partial charge in [0.2, 0.25) is 5.91 Å². The van der Waals surface area contributed by atoms with Crippen molar-refractivity contribution in [1.82, 2.24) is 20.5 Å². The van der Waals surface area contributed by atoms with E-state index in [1.54, 1.807) is 0 Å². The minimum atomic E-state index is -0.150. The highest BCUT2D eigenvalue weighted by Gasteiger charge is 2.35. The largest absolute Gasteiger partial charge is 0.336 e. The van der Waals surface area contributed by atoms with Crippen LogP contribution in [0.5, 0.6) is 0 Å². The lowest BCUT2D eigenvalue weighted by atomic mass is 10.2. The second-order valence-corrected chi connectivity index (χ2v) is 4.15. The van der Waals surface area contributed by atoms with Crippen molar-refractivity contribution in [3.63, 3.8) is 0 Å². The van der Waals surface area contributed by atoms with E-state index >= 15 is 0 Å². The molecule has 2 fully saturated rings. The zero-order valence-electron chi connectivity index (χ0n) is 9.11. The average molecular weight is 227 g/mol. The van der Waals surface area contributed by atoms with Gasteiger partial charge >= 0.3 is 6.03 Å². The van der Waals surface area contributed by atoms with Crippen LogP contribution in [0.1, 0.15) is 6.42 Å². The molecule has 1 unspecified atom stereocenters. The van der Waals surface area contributed by atoms with Crippen molar-refractivity contribution >= 4 is 11.9 Å². The maximum atomic E-state index is 11.3. The van der Waals surface area contributed by atoms with Crippen LogP contribution in [0.2, 0.25) is 0 Å². The highest BCUT2D eigenvalue weighted by Crippen LogP contribution is 2.13. The summed E-state index contributed by atoms with van der Waals surface area (Å²) in [5.41, 5.74) is 2.12. The number of hydrazine groups is 1. The molecule has 2 aliphatic heterocycles. The summed E-state index contributed by atoms with van der Waals surface area (Å²) >= 11 is 0. The number of nitrogens with two attached hydrogens (primary N) is 1. The van der Waals surface area contributed by atoms with E-state index in [4.69, 9.17) is 5.84 Å². The van der Waals surface area contributed by atoms with Gasteiger partial charge in [-0.1, -0.05) is 0 Å². The molecule has 7 nitrogen and oxygen atoms in total. The molecule has 2 heterocycles. The van der Waals surface area contributed by atoms with Gasteiger partial charge < -0.3 is 10.2 Å². The van der Waals surface area contributed by atoms with Crippen LogP contribution in [0, 0.1) is 0 Å². The first kappa shape index (κ1) is 11.2. The van der Waals surface area contributed by atoms with Crippen molar-refractivity contribution in [1.29, 1.82) is 0 Å². The second-order valence-electron chi connectivity index (χ2n) is 4.15. The topological polar surface area (TPSA) is 90.7 Å². The fourth-order valence-corrected chi connectivity index (χ4v) is 2.20. The number of amides is 3. The molecule has 2 aliphatic rings. The molecule has 0 bridgehead atoms. The van der Waals surface area contributed by atoms with E-state index in [1.165, 1.54) is 0 Å². The number of hydrogen-bond donors (Lipinski definition) is 3. The Kier molecular flexibility index (Phi) is 3.25. The molecule has 0 aliphatic carbocycles. The highest BCUT2D eigenvalue weighted by atomic mass is 16.2. The van der Waals surface area contributed by atoms with Crippen LogP contribution in [0.3, 0.4) is 0 Å². The molecule has 16 heavy (non-hydrogen) atoms. The summed E-state index contributed by atoms with van der Waals surface area (Å²) in [5, 5.41) is 2.82. The van der Waals surface area contributed by atoms with Gasteiger partial charge in [-0.25, -0.2) is 10.6 Å². The standard InChI is InChI=1S/C9H17N5O2/c10-12-8(15)1-2-13-3-4-14-7(6-13)5-11-9(14)16/h7H,1-6,10H2,(H,11,16)(H,12,15). The van der Waals surface area contributed by atoms with E-state index in [0.717, 1.165) is 19.6 Å². The Labute approximate surface area is 93.9 Å². The first-order valence-electron chi connectivity index (χ1n) is 5.47. The number of urea groups is 1. The molecular formula is C9H17N5O2. The smallest absolute Gasteiger partial charge is 0.317 e. The van der Waals surface area contributed by atoms with Crippen LogP contribution in [0.4, 0.5) is 4.79 Å². The Morgan fingerprint density at radius 2 is 2.38 bits per heavy atom. The number of rotatable bonds is 3. The fraction of sp³-hybridized carbons (Fsp3) is 0.778. The van der Waals surface area contributed by atoms with Crippen molar-refractivity contribution in [2.45, 2.75) is 12.5 Å². The molecule has 0 spiro atoms. The van der Waals surface area contributed by atoms with Crippen molar-refractivity contribution < 1.29 is 9.59 Å². The van der Waals surface area contributed by atoms with E-state index in [2.05, 4.69) is 15.6 Å². The van der Waals surface area contributed by atoms with E-state index in [1.807, 2.05) is 4.90 Å². The first-order valence-corrected chi connectivity index (χ1v) is 5.47. The van der Waals surface area contributed by atoms with E-state index < -0.39 is 0 Å². The molecule has 2 saturated heterocycles. The van der Waals surface area contributed by atoms with Crippen LogP contribution in [0.15, 0.2) is 0 Å². The number of carbonyl (C=O) groups is 2. The molecule has 0 aromatic carbocycles. The van der Waals surface area contributed by atoms with Gasteiger partial charge in [-0.3, -0.25) is 15.1 Å². The lowest BCUT2D eigenvalue weighted by molar-refractivity contribution is -0.121. The maximum absolute atomic E-state index is 11.3. The molecule has 0 radical (unpaired) electrons. The lowest BCUT2D eigenvalue weighted by Gasteiger charge is -2.36. The van der Waals surface area contributed by atoms with Gasteiger partial charge in [0.25, 0.3) is 0 Å². The van der Waals surface area contributed by atoms with E-state index in [-0.39, 0.29) is 18.0 Å². The number of carbonyl (C=O) groups excluding carboxylic acids is 2. The Balaban J connectivity index is 1.78. The molecule has 7 heteroatoms. The van der Waals surface area contributed by atoms with Gasteiger partial charge in [0.05, 0.1) is 6.04 Å². The van der Waals surface area contributed by atoms with Gasteiger partial charge in [-0.2, -0.15) is 0 Å². The average Bonchev–Trinajstić information content (AvgIpc) is 2.67. The van der Waals surface area contributed by atoms with Gasteiger partial charge in [0.15, 0.2) is 0 Å². The summed E-state index contributed by atoms with van der Waals surface area (Å²) in [5.74, 6) is 4.86. The zero-order chi connectivity index (χ0) is 11.5. The predicted octanol–water partition coefficient (Wildman–Crippen LogP) is -1.92. The third-order valence-electron chi connectivity index (χ3n) is 3.13. The van der Waals surface area contributed by atoms with Gasteiger partial charge in [-0.15, -0.1) is 0 Å². The van der Waals surface area contributed by atoms with Crippen molar-refractivity contribution in [2.75, 3.05) is 32.7 Å². The Morgan fingerprint density at radius 1 is 1.56 bits per heavy atom. The number of piperazine rings is 1. The SMILES string of the molecule is NNC(=O)CCN1CCN2C(=O)NCC2C1. The highest BCUT2D eigenvalue weighted by molar-refractivity contribution is 5.77. The predicted molar refractivity (Wildman–Crippen MR) is 57.3 cm³/mol. The minimum Gasteiger partial charge on any atom is -0.336 e. The molecule has 0 aromatic rings. The Bertz CT molecular complexity index is 296. The second kappa shape index (κ2) is 4.67. The van der Waals surface area contributed by atoms with Crippen molar-refractivity contribution in [2.24, 2.45) is 5.84 Å². The summed E-state index contributed by atoms with van der Waals surface area (Å²) < 4.78 is 0. The van der Waals surface area contributed by atoms with Gasteiger partial charge in [0, 0.05) is 39.1 Å². The summed E-state index contributed by atoms with van der Waals surface area (Å²) in [7, 11) is 0. The van der Waals surface area contributed by atoms with Crippen LogP contribution in [0.25, 0.3) is 0 Å². The molecule has 2 rings (SSSR count). The van der Waals surface area contributed by atoms with E-state index in [9.17, 15) is 9.59 Å². The summed E-state index contributed by atoms with van der Waals surface area (Å²) in [6.07, 6.45) is 0.407. The summed E-state index contributed by atoms with van der Waals surface area (Å²) in [6, 6.07) is 0.284. The molecule has 3 amide bonds. The first-order chi connectivity index (χ1) is 7.70. The van der Waals surface area contributed by atoms with Gasteiger partial charge in [0.1, 0.15) is 0 Å². The van der Waals surface area contributed by atoms with Crippen LogP contribution in [-0.4, -0.2) is 60.5 Å². The Morgan fingerprint density at radius 3 is 3.12 bits per heavy atom. The number of nitrogens with zero attached hydrogens (tertiary/aromatic N) is 2. The molecule has 1 atom stereocenters. The van der Waals surface area contributed by atoms with Crippen molar-refractivity contribution in [3.05, 3.63) is 0 Å². The lowest BCUT2D eigenvalue weighted by Crippen LogP contribution is -2.52. The monoisotopic (exact) mass is 227 g/mol. The summed E-state index contributed by atoms with van der Waals surface area (Å²) in [4.78, 5) is 26.4. The van der Waals surface area contributed by atoms with Crippen molar-refractivity contribution in [3.8, 4) is 0 Å². The van der Waals surface area contributed by atoms with Crippen LogP contribution >= 0.6 is 0 Å². The number of nitrogens with one attached hydrogen (secondary N) is 2. The fourth-order valence-electron chi connectivity index (χ4n) is 2.20. The molecule has 0 aromatic heterocycles. The van der Waals surface area contributed by atoms with Crippen LogP contribution in [-0.2, 0) is 4.79 Å². The zero-order valence-corrected chi connectivity index (χ0v) is 9.11. The number of hydrogen-bond acceptors (Lipinski definition) is 4. The molecule has 0 saturated carbocycles. The third-order valence-corrected chi connectivity index (χ3v) is 3.13. The van der Waals surface area contributed by atoms with Gasteiger partial charge in [-0.05, 0) is 0 Å².